The van der Waals surface area contributed by atoms with E-state index in [-0.39, 0.29) is 52.8 Å². The summed E-state index contributed by atoms with van der Waals surface area (Å²) in [5.74, 6) is 0. The van der Waals surface area contributed by atoms with Crippen molar-refractivity contribution in [2.24, 2.45) is 0 Å². The summed E-state index contributed by atoms with van der Waals surface area (Å²) in [6.07, 6.45) is 0. The molecule has 0 fully saturated rings. The van der Waals surface area contributed by atoms with Gasteiger partial charge in [-0.05, 0) is 34.2 Å². The molecule has 0 N–H and O–H groups in total. The molecule has 0 aliphatic heterocycles. The molecule has 0 saturated heterocycles. The number of rotatable bonds is 3. The van der Waals surface area contributed by atoms with Gasteiger partial charge in [-0.1, -0.05) is 6.92 Å². The third-order valence-corrected chi connectivity index (χ3v) is 1.69. The van der Waals surface area contributed by atoms with Gasteiger partial charge >= 0.3 is 51.4 Å². The first-order chi connectivity index (χ1) is 4.09. The second kappa shape index (κ2) is 7.26. The Labute approximate surface area is 109 Å². The Hall–Kier alpha value is 1.60. The van der Waals surface area contributed by atoms with Gasteiger partial charge in [0.05, 0.1) is 0 Å². The van der Waals surface area contributed by atoms with E-state index >= 15 is 0 Å². The van der Waals surface area contributed by atoms with Gasteiger partial charge in [0.15, 0.2) is 0 Å². The predicted molar refractivity (Wildman–Crippen MR) is 43.8 cm³/mol. The van der Waals surface area contributed by atoms with Crippen LogP contribution in [0.3, 0.4) is 0 Å². The third-order valence-electron chi connectivity index (χ3n) is 1.69. The van der Waals surface area contributed by atoms with Gasteiger partial charge in [-0.2, -0.15) is 0 Å². The minimum Gasteiger partial charge on any atom is -1.00 e. The summed E-state index contributed by atoms with van der Waals surface area (Å²) in [6, 6.07) is 1.38. The van der Waals surface area contributed by atoms with Crippen LogP contribution in [0, 0.1) is 0 Å². The van der Waals surface area contributed by atoms with Crippen molar-refractivity contribution in [2.75, 3.05) is 6.54 Å². The van der Waals surface area contributed by atoms with E-state index in [9.17, 15) is 0 Å². The van der Waals surface area contributed by atoms with Crippen LogP contribution in [0.1, 0.15) is 36.0 Å². The molecule has 0 aromatic rings. The first-order valence-electron chi connectivity index (χ1n) is 3.85. The molecule has 10 heavy (non-hydrogen) atoms. The Kier molecular flexibility index (Phi) is 10.3. The van der Waals surface area contributed by atoms with E-state index in [2.05, 4.69) is 39.5 Å². The van der Waals surface area contributed by atoms with Gasteiger partial charge in [-0.3, -0.25) is 4.90 Å². The van der Waals surface area contributed by atoms with E-state index in [0.29, 0.717) is 12.1 Å². The van der Waals surface area contributed by atoms with Crippen molar-refractivity contribution in [3.05, 3.63) is 0 Å². The largest absolute Gasteiger partial charge is 1.00 e. The van der Waals surface area contributed by atoms with E-state index in [1.54, 1.807) is 0 Å². The van der Waals surface area contributed by atoms with Crippen LogP contribution in [0.5, 0.6) is 0 Å². The van der Waals surface area contributed by atoms with Crippen molar-refractivity contribution in [1.82, 2.24) is 4.90 Å². The number of nitrogens with zero attached hydrogens (tertiary/aromatic N) is 1. The van der Waals surface area contributed by atoms with Crippen molar-refractivity contribution < 1.29 is 52.8 Å². The zero-order valence-electron chi connectivity index (χ0n) is 9.31. The minimum atomic E-state index is 0. The summed E-state index contributed by atoms with van der Waals surface area (Å²) in [5.41, 5.74) is 0. The van der Waals surface area contributed by atoms with Crippen LogP contribution >= 0.6 is 0 Å². The molecular weight excluding hydrogens is 149 g/mol. The fourth-order valence-corrected chi connectivity index (χ4v) is 1.33. The summed E-state index contributed by atoms with van der Waals surface area (Å²) in [5, 5.41) is 0. The molecule has 0 unspecified atom stereocenters. The van der Waals surface area contributed by atoms with Gasteiger partial charge < -0.3 is 1.43 Å². The fourth-order valence-electron chi connectivity index (χ4n) is 1.33. The maximum atomic E-state index is 2.46. The Morgan fingerprint density at radius 1 is 1.10 bits per heavy atom. The Morgan fingerprint density at radius 3 is 1.40 bits per heavy atom. The van der Waals surface area contributed by atoms with Gasteiger partial charge in [0.1, 0.15) is 0 Å². The summed E-state index contributed by atoms with van der Waals surface area (Å²) in [4.78, 5) is 2.46. The summed E-state index contributed by atoms with van der Waals surface area (Å²) < 4.78 is 0. The monoisotopic (exact) mass is 169 g/mol. The van der Waals surface area contributed by atoms with Crippen LogP contribution in [0.25, 0.3) is 0 Å². The van der Waals surface area contributed by atoms with E-state index in [1.807, 2.05) is 0 Å². The normalized spacial score (nSPS) is 10.8. The molecule has 0 aromatic carbocycles. The first kappa shape index (κ1) is 14.1. The number of hydrogen-bond donors (Lipinski definition) is 0. The Balaban J connectivity index is -0.000000320. The van der Waals surface area contributed by atoms with Crippen LogP contribution in [0.4, 0.5) is 0 Å². The standard InChI is InChI=1S/C8H19N.K.H/c1-6-9(7(2)3)8(4)5;;/h7-8H,6H2,1-5H3;;/q;+1;-1. The van der Waals surface area contributed by atoms with E-state index in [4.69, 9.17) is 0 Å². The average molecular weight is 169 g/mol. The quantitative estimate of drug-likeness (QED) is 0.502. The SMILES string of the molecule is CCN(C(C)C)C(C)C.[H-].[K+]. The Bertz CT molecular complexity index is 68.5. The first-order valence-corrected chi connectivity index (χ1v) is 3.85. The molecule has 0 saturated carbocycles. The third kappa shape index (κ3) is 5.27. The molecule has 0 spiro atoms. The van der Waals surface area contributed by atoms with Crippen LogP contribution in [0.15, 0.2) is 0 Å². The molecule has 0 amide bonds. The smallest absolute Gasteiger partial charge is 1.00 e. The molecule has 0 heterocycles. The topological polar surface area (TPSA) is 3.24 Å². The van der Waals surface area contributed by atoms with Crippen LogP contribution in [0.2, 0.25) is 0 Å². The van der Waals surface area contributed by atoms with Gasteiger partial charge in [0.2, 0.25) is 0 Å². The second-order valence-electron chi connectivity index (χ2n) is 3.02. The molecule has 0 bridgehead atoms. The van der Waals surface area contributed by atoms with Gasteiger partial charge in [0.25, 0.3) is 0 Å². The Morgan fingerprint density at radius 2 is 1.40 bits per heavy atom. The van der Waals surface area contributed by atoms with Gasteiger partial charge in [-0.15, -0.1) is 0 Å². The molecule has 58 valence electrons. The fraction of sp³-hybridized carbons (Fsp3) is 1.00. The second-order valence-corrected chi connectivity index (χ2v) is 3.02. The zero-order valence-corrected chi connectivity index (χ0v) is 11.4. The average Bonchev–Trinajstić information content (AvgIpc) is 1.64. The predicted octanol–water partition coefficient (Wildman–Crippen LogP) is -0.758. The van der Waals surface area contributed by atoms with Crippen LogP contribution < -0.4 is 51.4 Å². The molecule has 0 aliphatic carbocycles. The van der Waals surface area contributed by atoms with Gasteiger partial charge in [0, 0.05) is 12.1 Å². The maximum absolute atomic E-state index is 2.46. The molecule has 0 aromatic heterocycles. The molecule has 0 rings (SSSR count). The summed E-state index contributed by atoms with van der Waals surface area (Å²) in [6.45, 7) is 12.3. The minimum absolute atomic E-state index is 0. The number of hydrogen-bond acceptors (Lipinski definition) is 1. The zero-order chi connectivity index (χ0) is 7.44. The van der Waals surface area contributed by atoms with Crippen molar-refractivity contribution in [2.45, 2.75) is 46.7 Å². The molecule has 0 atom stereocenters. The maximum Gasteiger partial charge on any atom is 1.00 e. The van der Waals surface area contributed by atoms with Crippen molar-refractivity contribution >= 4 is 0 Å². The molecule has 0 radical (unpaired) electrons. The molecule has 2 heteroatoms. The van der Waals surface area contributed by atoms with Crippen LogP contribution in [-0.4, -0.2) is 23.5 Å². The van der Waals surface area contributed by atoms with Crippen molar-refractivity contribution in [3.63, 3.8) is 0 Å². The van der Waals surface area contributed by atoms with Crippen LogP contribution in [-0.2, 0) is 0 Å². The molecule has 1 nitrogen and oxygen atoms in total. The van der Waals surface area contributed by atoms with Crippen molar-refractivity contribution in [3.8, 4) is 0 Å². The molecule has 0 aliphatic rings. The summed E-state index contributed by atoms with van der Waals surface area (Å²) in [7, 11) is 0. The van der Waals surface area contributed by atoms with E-state index < -0.39 is 0 Å². The van der Waals surface area contributed by atoms with Gasteiger partial charge in [-0.25, -0.2) is 0 Å². The molecular formula is C8H20KN. The van der Waals surface area contributed by atoms with E-state index in [0.717, 1.165) is 6.54 Å². The van der Waals surface area contributed by atoms with Crippen molar-refractivity contribution in [1.29, 1.82) is 0 Å². The summed E-state index contributed by atoms with van der Waals surface area (Å²) >= 11 is 0. The van der Waals surface area contributed by atoms with E-state index in [1.165, 1.54) is 0 Å².